The lowest BCUT2D eigenvalue weighted by molar-refractivity contribution is -0.131. The molecule has 0 radical (unpaired) electrons. The molecule has 2 amide bonds. The third-order valence-corrected chi connectivity index (χ3v) is 4.79. The van der Waals surface area contributed by atoms with E-state index in [1.807, 2.05) is 13.8 Å². The highest BCUT2D eigenvalue weighted by atomic mass is 19.3. The third-order valence-electron chi connectivity index (χ3n) is 4.79. The summed E-state index contributed by atoms with van der Waals surface area (Å²) in [5, 5.41) is 4.31. The molecule has 1 aliphatic rings. The molecule has 1 atom stereocenters. The van der Waals surface area contributed by atoms with Gasteiger partial charge in [-0.3, -0.25) is 14.5 Å². The molecule has 1 heterocycles. The number of hydrogen-bond donors (Lipinski definition) is 2. The first kappa shape index (κ1) is 26.6. The van der Waals surface area contributed by atoms with Gasteiger partial charge in [0.1, 0.15) is 11.8 Å². The number of amides is 2. The van der Waals surface area contributed by atoms with Gasteiger partial charge in [-0.15, -0.1) is 0 Å². The van der Waals surface area contributed by atoms with E-state index in [0.29, 0.717) is 0 Å². The number of hydrogen-bond acceptors (Lipinski definition) is 5. The van der Waals surface area contributed by atoms with Crippen LogP contribution in [0.2, 0.25) is 0 Å². The van der Waals surface area contributed by atoms with Crippen LogP contribution in [0.3, 0.4) is 0 Å². The number of carbonyl (C=O) groups excluding carboxylic acids is 2. The van der Waals surface area contributed by atoms with Crippen LogP contribution < -0.4 is 21.0 Å². The van der Waals surface area contributed by atoms with Crippen LogP contribution in [0.15, 0.2) is 41.2 Å². The van der Waals surface area contributed by atoms with E-state index >= 15 is 0 Å². The van der Waals surface area contributed by atoms with E-state index in [2.05, 4.69) is 5.32 Å². The predicted octanol–water partition coefficient (Wildman–Crippen LogP) is 4.53. The lowest BCUT2D eigenvalue weighted by atomic mass is 10.1. The smallest absolute Gasteiger partial charge is 0.414 e. The van der Waals surface area contributed by atoms with Crippen molar-refractivity contribution in [3.8, 4) is 0 Å². The van der Waals surface area contributed by atoms with Gasteiger partial charge in [0.15, 0.2) is 11.6 Å². The summed E-state index contributed by atoms with van der Waals surface area (Å²) in [6.45, 7) is 5.80. The molecule has 2 aromatic rings. The second-order valence-corrected chi connectivity index (χ2v) is 7.73. The van der Waals surface area contributed by atoms with Gasteiger partial charge in [0, 0.05) is 19.2 Å². The Hall–Kier alpha value is -3.63. The van der Waals surface area contributed by atoms with Crippen molar-refractivity contribution in [2.24, 2.45) is 0 Å². The molecule has 0 unspecified atom stereocenters. The highest BCUT2D eigenvalue weighted by Gasteiger charge is 2.30. The lowest BCUT2D eigenvalue weighted by Crippen LogP contribution is -2.25. The molecule has 7 nitrogen and oxygen atoms in total. The summed E-state index contributed by atoms with van der Waals surface area (Å²) in [5.41, 5.74) is 0.123. The lowest BCUT2D eigenvalue weighted by Gasteiger charge is -2.15. The first-order chi connectivity index (χ1) is 15.9. The molecule has 2 N–H and O–H groups in total. The van der Waals surface area contributed by atoms with E-state index in [9.17, 15) is 31.9 Å². The average molecular weight is 483 g/mol. The van der Waals surface area contributed by atoms with Crippen molar-refractivity contribution in [1.29, 1.82) is 0 Å². The molecular formula is C23H25F4N3O4. The Morgan fingerprint density at radius 3 is 2.18 bits per heavy atom. The Bertz CT molecular complexity index is 1090. The molecule has 0 saturated carbocycles. The van der Waals surface area contributed by atoms with Gasteiger partial charge in [-0.25, -0.2) is 13.6 Å². The molecule has 1 fully saturated rings. The van der Waals surface area contributed by atoms with Crippen LogP contribution in [0.5, 0.6) is 0 Å². The van der Waals surface area contributed by atoms with E-state index in [4.69, 9.17) is 4.74 Å². The summed E-state index contributed by atoms with van der Waals surface area (Å²) in [6.07, 6.45) is -3.89. The molecule has 0 aliphatic carbocycles. The SMILES string of the molecule is CC(C)c1cccc(Nc2c(F)cc(N3C[C@H](C)OC3=O)cc2F)c(=O)c1.CNC(=O)C(F)F. The molecule has 1 aliphatic heterocycles. The van der Waals surface area contributed by atoms with Gasteiger partial charge in [-0.1, -0.05) is 26.0 Å². The summed E-state index contributed by atoms with van der Waals surface area (Å²) in [4.78, 5) is 34.9. The third kappa shape index (κ3) is 6.69. The normalized spacial score (nSPS) is 15.1. The maximum absolute atomic E-state index is 14.5. The van der Waals surface area contributed by atoms with Crippen LogP contribution in [-0.2, 0) is 9.53 Å². The molecule has 2 aromatic carbocycles. The van der Waals surface area contributed by atoms with Gasteiger partial charge in [0.2, 0.25) is 5.43 Å². The highest BCUT2D eigenvalue weighted by Crippen LogP contribution is 2.30. The van der Waals surface area contributed by atoms with Crippen LogP contribution in [0.4, 0.5) is 39.4 Å². The summed E-state index contributed by atoms with van der Waals surface area (Å²) in [7, 11) is 1.16. The van der Waals surface area contributed by atoms with Crippen LogP contribution in [0.25, 0.3) is 0 Å². The standard InChI is InChI=1S/C20H20F2N2O3.C3H5F2NO/c1-11(2)13-5-4-6-17(18(25)7-13)23-19-15(21)8-14(9-16(19)22)24-10-12(3)27-20(24)26;1-6-3(7)2(4)5/h4-9,11-12H,10H2,1-3H3,(H,23,25);2H,1H3,(H,6,7)/t12-;/m0./s1. The molecular weight excluding hydrogens is 458 g/mol. The van der Waals surface area contributed by atoms with E-state index in [1.54, 1.807) is 24.4 Å². The Kier molecular flexibility index (Phi) is 8.99. The van der Waals surface area contributed by atoms with E-state index in [-0.39, 0.29) is 35.4 Å². The summed E-state index contributed by atoms with van der Waals surface area (Å²) < 4.78 is 56.1. The zero-order valence-corrected chi connectivity index (χ0v) is 19.0. The van der Waals surface area contributed by atoms with Crippen molar-refractivity contribution in [3.63, 3.8) is 0 Å². The van der Waals surface area contributed by atoms with Crippen molar-refractivity contribution in [1.82, 2.24) is 5.32 Å². The zero-order chi connectivity index (χ0) is 25.6. The maximum Gasteiger partial charge on any atom is 0.414 e. The molecule has 3 rings (SSSR count). The molecule has 11 heteroatoms. The number of alkyl halides is 2. The van der Waals surface area contributed by atoms with Crippen molar-refractivity contribution in [3.05, 3.63) is 63.8 Å². The van der Waals surface area contributed by atoms with Crippen LogP contribution in [-0.4, -0.2) is 38.1 Å². The van der Waals surface area contributed by atoms with Crippen molar-refractivity contribution in [2.45, 2.75) is 39.2 Å². The minimum absolute atomic E-state index is 0.0571. The second kappa shape index (κ2) is 11.5. The molecule has 0 aromatic heterocycles. The molecule has 184 valence electrons. The van der Waals surface area contributed by atoms with Gasteiger partial charge in [-0.2, -0.15) is 8.78 Å². The Morgan fingerprint density at radius 1 is 1.12 bits per heavy atom. The first-order valence-corrected chi connectivity index (χ1v) is 10.3. The van der Waals surface area contributed by atoms with E-state index in [0.717, 1.165) is 29.6 Å². The monoisotopic (exact) mass is 483 g/mol. The van der Waals surface area contributed by atoms with Gasteiger partial charge in [-0.05, 0) is 30.5 Å². The largest absolute Gasteiger partial charge is 0.444 e. The molecule has 0 spiro atoms. The maximum atomic E-state index is 14.5. The fourth-order valence-electron chi connectivity index (χ4n) is 2.97. The van der Waals surface area contributed by atoms with Crippen molar-refractivity contribution in [2.75, 3.05) is 23.8 Å². The number of carbonyl (C=O) groups is 2. The fraction of sp³-hybridized carbons (Fsp3) is 0.348. The Balaban J connectivity index is 0.000000509. The van der Waals surface area contributed by atoms with Crippen LogP contribution in [0, 0.1) is 11.6 Å². The number of rotatable bonds is 5. The minimum Gasteiger partial charge on any atom is -0.444 e. The number of cyclic esters (lactones) is 1. The molecule has 1 saturated heterocycles. The summed E-state index contributed by atoms with van der Waals surface area (Å²) in [6, 6.07) is 8.44. The van der Waals surface area contributed by atoms with E-state index < -0.39 is 35.7 Å². The van der Waals surface area contributed by atoms with Crippen LogP contribution >= 0.6 is 0 Å². The summed E-state index contributed by atoms with van der Waals surface area (Å²) in [5.74, 6) is -2.91. The minimum atomic E-state index is -2.88. The topological polar surface area (TPSA) is 87.7 Å². The zero-order valence-electron chi connectivity index (χ0n) is 19.0. The van der Waals surface area contributed by atoms with Crippen molar-refractivity contribution >= 4 is 29.1 Å². The van der Waals surface area contributed by atoms with Gasteiger partial charge in [0.25, 0.3) is 5.91 Å². The molecule has 0 bridgehead atoms. The number of ether oxygens (including phenoxy) is 1. The van der Waals surface area contributed by atoms with Gasteiger partial charge >= 0.3 is 12.5 Å². The molecule has 34 heavy (non-hydrogen) atoms. The number of nitrogens with one attached hydrogen (secondary N) is 2. The van der Waals surface area contributed by atoms with Gasteiger partial charge in [0.05, 0.1) is 17.9 Å². The first-order valence-electron chi connectivity index (χ1n) is 10.3. The fourth-order valence-corrected chi connectivity index (χ4v) is 2.97. The number of nitrogens with zero attached hydrogens (tertiary/aromatic N) is 1. The quantitative estimate of drug-likeness (QED) is 0.610. The van der Waals surface area contributed by atoms with Gasteiger partial charge < -0.3 is 15.4 Å². The Labute approximate surface area is 193 Å². The summed E-state index contributed by atoms with van der Waals surface area (Å²) >= 11 is 0. The Morgan fingerprint density at radius 2 is 1.74 bits per heavy atom. The van der Waals surface area contributed by atoms with E-state index in [1.165, 1.54) is 12.1 Å². The number of anilines is 3. The number of halogens is 4. The average Bonchev–Trinajstić information content (AvgIpc) is 2.99. The van der Waals surface area contributed by atoms with Crippen molar-refractivity contribution < 1.29 is 31.9 Å². The number of benzene rings is 1. The highest BCUT2D eigenvalue weighted by molar-refractivity contribution is 5.90. The second-order valence-electron chi connectivity index (χ2n) is 7.73. The van der Waals surface area contributed by atoms with Crippen LogP contribution in [0.1, 0.15) is 32.3 Å². The predicted molar refractivity (Wildman–Crippen MR) is 120 cm³/mol.